The van der Waals surface area contributed by atoms with Crippen molar-refractivity contribution in [3.63, 3.8) is 0 Å². The van der Waals surface area contributed by atoms with Crippen molar-refractivity contribution in [2.24, 2.45) is 11.7 Å². The van der Waals surface area contributed by atoms with Crippen LogP contribution in [0, 0.1) is 5.92 Å². The molecule has 116 valence electrons. The summed E-state index contributed by atoms with van der Waals surface area (Å²) in [5, 5.41) is 11.6. The number of primary amides is 1. The average molecular weight is 304 g/mol. The predicted molar refractivity (Wildman–Crippen MR) is 69.8 cm³/mol. The number of benzene rings is 1. The molecule has 8 heteroatoms. The summed E-state index contributed by atoms with van der Waals surface area (Å²) in [5.41, 5.74) is 3.80. The van der Waals surface area contributed by atoms with Gasteiger partial charge in [-0.2, -0.15) is 13.2 Å². The molecule has 1 rings (SSSR count). The first kappa shape index (κ1) is 16.8. The van der Waals surface area contributed by atoms with Crippen molar-refractivity contribution in [3.8, 4) is 0 Å². The molecule has 5 nitrogen and oxygen atoms in total. The van der Waals surface area contributed by atoms with E-state index in [9.17, 15) is 22.8 Å². The fourth-order valence-electron chi connectivity index (χ4n) is 1.63. The lowest BCUT2D eigenvalue weighted by molar-refractivity contribution is -0.141. The summed E-state index contributed by atoms with van der Waals surface area (Å²) in [6.45, 7) is 2.98. The molecule has 0 radical (unpaired) electrons. The molecule has 0 fully saturated rings. The van der Waals surface area contributed by atoms with Crippen molar-refractivity contribution in [1.82, 2.24) is 0 Å². The standard InChI is InChI=1S/C13H15F3N2O3/c1-6(12(20)21)7(2)18-10-4-3-8(13(14,15)16)5-9(10)11(17)19/h3-7,18H,1-2H3,(H2,17,19)(H,20,21). The van der Waals surface area contributed by atoms with E-state index >= 15 is 0 Å². The lowest BCUT2D eigenvalue weighted by Crippen LogP contribution is -2.30. The van der Waals surface area contributed by atoms with E-state index in [1.807, 2.05) is 0 Å². The van der Waals surface area contributed by atoms with Crippen LogP contribution in [0.5, 0.6) is 0 Å². The Hall–Kier alpha value is -2.25. The summed E-state index contributed by atoms with van der Waals surface area (Å²) < 4.78 is 37.8. The van der Waals surface area contributed by atoms with Crippen LogP contribution in [0.25, 0.3) is 0 Å². The third-order valence-corrected chi connectivity index (χ3v) is 3.14. The van der Waals surface area contributed by atoms with Gasteiger partial charge in [-0.1, -0.05) is 0 Å². The van der Waals surface area contributed by atoms with Crippen LogP contribution in [0.4, 0.5) is 18.9 Å². The molecule has 0 aliphatic heterocycles. The van der Waals surface area contributed by atoms with Gasteiger partial charge in [0.05, 0.1) is 17.0 Å². The Morgan fingerprint density at radius 3 is 2.29 bits per heavy atom. The average Bonchev–Trinajstić information content (AvgIpc) is 2.36. The summed E-state index contributed by atoms with van der Waals surface area (Å²) in [6.07, 6.45) is -4.59. The molecule has 1 aromatic rings. The van der Waals surface area contributed by atoms with Crippen molar-refractivity contribution >= 4 is 17.6 Å². The molecule has 21 heavy (non-hydrogen) atoms. The van der Waals surface area contributed by atoms with Crippen LogP contribution in [0.1, 0.15) is 29.8 Å². The molecular weight excluding hydrogens is 289 g/mol. The lowest BCUT2D eigenvalue weighted by atomic mass is 10.0. The maximum atomic E-state index is 12.6. The zero-order valence-corrected chi connectivity index (χ0v) is 11.4. The van der Waals surface area contributed by atoms with Crippen molar-refractivity contribution in [1.29, 1.82) is 0 Å². The highest BCUT2D eigenvalue weighted by atomic mass is 19.4. The van der Waals surface area contributed by atoms with Crippen LogP contribution in [0.2, 0.25) is 0 Å². The first-order valence-corrected chi connectivity index (χ1v) is 6.04. The molecule has 0 aromatic heterocycles. The number of rotatable bonds is 5. The second kappa shape index (κ2) is 6.02. The highest BCUT2D eigenvalue weighted by Crippen LogP contribution is 2.32. The maximum Gasteiger partial charge on any atom is 0.416 e. The Balaban J connectivity index is 3.13. The molecule has 4 N–H and O–H groups in total. The summed E-state index contributed by atoms with van der Waals surface area (Å²) in [7, 11) is 0. The van der Waals surface area contributed by atoms with E-state index in [1.54, 1.807) is 6.92 Å². The second-order valence-electron chi connectivity index (χ2n) is 4.68. The van der Waals surface area contributed by atoms with Crippen molar-refractivity contribution in [2.75, 3.05) is 5.32 Å². The van der Waals surface area contributed by atoms with Crippen LogP contribution in [0.15, 0.2) is 18.2 Å². The van der Waals surface area contributed by atoms with Gasteiger partial charge in [-0.3, -0.25) is 9.59 Å². The lowest BCUT2D eigenvalue weighted by Gasteiger charge is -2.21. The number of nitrogens with one attached hydrogen (secondary N) is 1. The van der Waals surface area contributed by atoms with Gasteiger partial charge in [0.25, 0.3) is 5.91 Å². The molecule has 1 aromatic carbocycles. The number of alkyl halides is 3. The summed E-state index contributed by atoms with van der Waals surface area (Å²) in [5.74, 6) is -2.89. The van der Waals surface area contributed by atoms with E-state index in [-0.39, 0.29) is 11.3 Å². The van der Waals surface area contributed by atoms with Gasteiger partial charge in [-0.25, -0.2) is 0 Å². The quantitative estimate of drug-likeness (QED) is 0.778. The van der Waals surface area contributed by atoms with Gasteiger partial charge in [0, 0.05) is 11.7 Å². The Labute approximate surface area is 118 Å². The number of carboxylic acids is 1. The second-order valence-corrected chi connectivity index (χ2v) is 4.68. The van der Waals surface area contributed by atoms with E-state index in [0.717, 1.165) is 12.1 Å². The molecule has 0 saturated heterocycles. The van der Waals surface area contributed by atoms with Gasteiger partial charge in [0.15, 0.2) is 0 Å². The van der Waals surface area contributed by atoms with Gasteiger partial charge in [-0.05, 0) is 32.0 Å². The first-order valence-electron chi connectivity index (χ1n) is 6.04. The van der Waals surface area contributed by atoms with Gasteiger partial charge < -0.3 is 16.2 Å². The minimum Gasteiger partial charge on any atom is -0.481 e. The van der Waals surface area contributed by atoms with Crippen molar-refractivity contribution in [2.45, 2.75) is 26.1 Å². The molecule has 0 saturated carbocycles. The topological polar surface area (TPSA) is 92.4 Å². The van der Waals surface area contributed by atoms with E-state index in [2.05, 4.69) is 5.32 Å². The molecule has 0 heterocycles. The fourth-order valence-corrected chi connectivity index (χ4v) is 1.63. The first-order chi connectivity index (χ1) is 9.54. The number of carboxylic acid groups (broad SMARTS) is 1. The van der Waals surface area contributed by atoms with Gasteiger partial charge in [0.1, 0.15) is 0 Å². The number of amides is 1. The van der Waals surface area contributed by atoms with Crippen LogP contribution >= 0.6 is 0 Å². The van der Waals surface area contributed by atoms with Gasteiger partial charge >= 0.3 is 12.1 Å². The predicted octanol–water partition coefficient (Wildman–Crippen LogP) is 2.33. The van der Waals surface area contributed by atoms with Gasteiger partial charge in [-0.15, -0.1) is 0 Å². The minimum absolute atomic E-state index is 0.0658. The molecule has 0 aliphatic carbocycles. The number of nitrogens with two attached hydrogens (primary N) is 1. The monoisotopic (exact) mass is 304 g/mol. The van der Waals surface area contributed by atoms with Crippen molar-refractivity contribution in [3.05, 3.63) is 29.3 Å². The number of carbonyl (C=O) groups excluding carboxylic acids is 1. The zero-order chi connectivity index (χ0) is 16.4. The number of aliphatic carboxylic acids is 1. The van der Waals surface area contributed by atoms with E-state index < -0.39 is 35.6 Å². The number of carbonyl (C=O) groups is 2. The molecular formula is C13H15F3N2O3. The third kappa shape index (κ3) is 4.11. The largest absolute Gasteiger partial charge is 0.481 e. The molecule has 2 atom stereocenters. The summed E-state index contributed by atoms with van der Waals surface area (Å²) >= 11 is 0. The molecule has 0 bridgehead atoms. The third-order valence-electron chi connectivity index (χ3n) is 3.14. The van der Waals surface area contributed by atoms with Gasteiger partial charge in [0.2, 0.25) is 0 Å². The van der Waals surface area contributed by atoms with Crippen LogP contribution in [0.3, 0.4) is 0 Å². The highest BCUT2D eigenvalue weighted by Gasteiger charge is 2.32. The van der Waals surface area contributed by atoms with Crippen LogP contribution < -0.4 is 11.1 Å². The fraction of sp³-hybridized carbons (Fsp3) is 0.385. The Morgan fingerprint density at radius 2 is 1.86 bits per heavy atom. The molecule has 2 unspecified atom stereocenters. The Kier molecular flexibility index (Phi) is 4.82. The highest BCUT2D eigenvalue weighted by molar-refractivity contribution is 5.98. The number of hydrogen-bond donors (Lipinski definition) is 3. The van der Waals surface area contributed by atoms with E-state index in [4.69, 9.17) is 10.8 Å². The summed E-state index contributed by atoms with van der Waals surface area (Å²) in [4.78, 5) is 22.1. The maximum absolute atomic E-state index is 12.6. The summed E-state index contributed by atoms with van der Waals surface area (Å²) in [6, 6.07) is 1.90. The SMILES string of the molecule is CC(Nc1ccc(C(F)(F)F)cc1C(N)=O)C(C)C(=O)O. The molecule has 1 amide bonds. The zero-order valence-electron chi connectivity index (χ0n) is 11.4. The van der Waals surface area contributed by atoms with Crippen molar-refractivity contribution < 1.29 is 27.9 Å². The van der Waals surface area contributed by atoms with Crippen LogP contribution in [-0.4, -0.2) is 23.0 Å². The molecule has 0 spiro atoms. The van der Waals surface area contributed by atoms with E-state index in [0.29, 0.717) is 6.07 Å². The van der Waals surface area contributed by atoms with Crippen LogP contribution in [-0.2, 0) is 11.0 Å². The van der Waals surface area contributed by atoms with E-state index in [1.165, 1.54) is 6.92 Å². The minimum atomic E-state index is -4.59. The Morgan fingerprint density at radius 1 is 1.29 bits per heavy atom. The number of hydrogen-bond acceptors (Lipinski definition) is 3. The normalized spacial score (nSPS) is 14.3. The molecule has 0 aliphatic rings. The number of anilines is 1. The Bertz CT molecular complexity index is 558. The number of halogens is 3. The smallest absolute Gasteiger partial charge is 0.416 e.